The predicted molar refractivity (Wildman–Crippen MR) is 120 cm³/mol. The summed E-state index contributed by atoms with van der Waals surface area (Å²) in [6.07, 6.45) is 3.59. The summed E-state index contributed by atoms with van der Waals surface area (Å²) < 4.78 is 3.97. The van der Waals surface area contributed by atoms with Gasteiger partial charge in [0.2, 0.25) is 0 Å². The van der Waals surface area contributed by atoms with Gasteiger partial charge < -0.3 is 9.34 Å². The van der Waals surface area contributed by atoms with Crippen LogP contribution >= 0.6 is 0 Å². The third kappa shape index (κ3) is 4.63. The molecule has 27 heavy (non-hydrogen) atoms. The van der Waals surface area contributed by atoms with Gasteiger partial charge in [-0.2, -0.15) is 0 Å². The third-order valence-corrected chi connectivity index (χ3v) is 11.8. The highest BCUT2D eigenvalue weighted by molar-refractivity contribution is 6.84. The lowest BCUT2D eigenvalue weighted by molar-refractivity contribution is 0.205. The number of rotatable bonds is 9. The van der Waals surface area contributed by atoms with Crippen molar-refractivity contribution in [3.8, 4) is 0 Å². The van der Waals surface area contributed by atoms with Gasteiger partial charge in [-0.1, -0.05) is 77.9 Å². The lowest BCUT2D eigenvalue weighted by Gasteiger charge is -2.37. The number of benzene rings is 1. The van der Waals surface area contributed by atoms with Crippen LogP contribution in [0.2, 0.25) is 38.3 Å². The molecule has 0 atom stereocenters. The molecular formula is C20H35N3O2Si2. The van der Waals surface area contributed by atoms with Gasteiger partial charge in [0.25, 0.3) is 0 Å². The molecule has 7 heteroatoms. The number of imidazole rings is 1. The molecule has 1 aromatic heterocycles. The Hall–Kier alpha value is -1.61. The fraction of sp³-hybridized carbons (Fsp3) is 0.600. The second-order valence-corrected chi connectivity index (χ2v) is 17.8. The first-order valence-electron chi connectivity index (χ1n) is 10.2. The van der Waals surface area contributed by atoms with Crippen molar-refractivity contribution in [1.82, 2.24) is 9.22 Å². The maximum atomic E-state index is 12.4. The van der Waals surface area contributed by atoms with Crippen LogP contribution in [0, 0.1) is 0 Å². The second-order valence-electron chi connectivity index (χ2n) is 8.69. The molecule has 1 heterocycles. The molecule has 0 aliphatic heterocycles. The van der Waals surface area contributed by atoms with Crippen LogP contribution in [0.4, 0.5) is 10.7 Å². The molecule has 0 unspecified atom stereocenters. The van der Waals surface area contributed by atoms with Crippen molar-refractivity contribution in [3.05, 3.63) is 24.3 Å². The van der Waals surface area contributed by atoms with E-state index in [0.29, 0.717) is 5.95 Å². The molecule has 1 amide bonds. The molecule has 0 bridgehead atoms. The summed E-state index contributed by atoms with van der Waals surface area (Å²) in [6, 6.07) is 10.2. The number of amides is 1. The van der Waals surface area contributed by atoms with Crippen LogP contribution in [0.1, 0.15) is 39.5 Å². The van der Waals surface area contributed by atoms with Crippen molar-refractivity contribution in [2.45, 2.75) is 77.8 Å². The van der Waals surface area contributed by atoms with Gasteiger partial charge in [0.05, 0.1) is 11.0 Å². The highest BCUT2D eigenvalue weighted by Gasteiger charge is 2.40. The molecule has 0 saturated heterocycles. The number of fused-ring (bicyclic) bond motifs is 1. The van der Waals surface area contributed by atoms with Gasteiger partial charge >= 0.3 is 6.09 Å². The fourth-order valence-electron chi connectivity index (χ4n) is 3.82. The number of anilines is 1. The molecule has 0 fully saturated rings. The minimum absolute atomic E-state index is 0.657. The summed E-state index contributed by atoms with van der Waals surface area (Å²) in [4.78, 5) is 17.3. The summed E-state index contributed by atoms with van der Waals surface area (Å²) in [5, 5.41) is 10.2. The average Bonchev–Trinajstić information content (AvgIpc) is 2.97. The Morgan fingerprint density at radius 3 is 2.26 bits per heavy atom. The SMILES string of the molecule is CCCC[Si](C)(C)N(C(=O)O)c1nc2ccccc2n1[Si](C)(C)CCCC. The van der Waals surface area contributed by atoms with Crippen molar-refractivity contribution >= 4 is 39.5 Å². The van der Waals surface area contributed by atoms with Crippen molar-refractivity contribution in [2.24, 2.45) is 0 Å². The fourth-order valence-corrected chi connectivity index (χ4v) is 9.54. The van der Waals surface area contributed by atoms with E-state index in [1.807, 2.05) is 18.2 Å². The molecule has 0 aliphatic carbocycles. The molecule has 2 aromatic rings. The highest BCUT2D eigenvalue weighted by atomic mass is 28.3. The van der Waals surface area contributed by atoms with Gasteiger partial charge in [-0.25, -0.2) is 9.78 Å². The summed E-state index contributed by atoms with van der Waals surface area (Å²) in [6.45, 7) is 13.3. The van der Waals surface area contributed by atoms with E-state index < -0.39 is 22.6 Å². The van der Waals surface area contributed by atoms with Crippen molar-refractivity contribution in [1.29, 1.82) is 0 Å². The summed E-state index contributed by atoms with van der Waals surface area (Å²) in [7, 11) is -4.09. The quantitative estimate of drug-likeness (QED) is 0.492. The second kappa shape index (κ2) is 8.60. The molecule has 150 valence electrons. The number of hydrogen-bond acceptors (Lipinski definition) is 2. The number of aromatic nitrogens is 2. The first-order chi connectivity index (χ1) is 12.7. The third-order valence-electron chi connectivity index (χ3n) is 5.43. The van der Waals surface area contributed by atoms with Crippen LogP contribution in [0.5, 0.6) is 0 Å². The van der Waals surface area contributed by atoms with Crippen LogP contribution in [-0.2, 0) is 0 Å². The molecule has 0 saturated carbocycles. The summed E-state index contributed by atoms with van der Waals surface area (Å²) >= 11 is 0. The lowest BCUT2D eigenvalue weighted by atomic mass is 10.3. The van der Waals surface area contributed by atoms with Gasteiger partial charge in [-0.3, -0.25) is 4.57 Å². The first kappa shape index (κ1) is 21.7. The van der Waals surface area contributed by atoms with E-state index in [0.717, 1.165) is 48.8 Å². The molecule has 0 radical (unpaired) electrons. The zero-order chi connectivity index (χ0) is 20.2. The average molecular weight is 406 g/mol. The number of unbranched alkanes of at least 4 members (excludes halogenated alkanes) is 2. The van der Waals surface area contributed by atoms with E-state index in [4.69, 9.17) is 4.98 Å². The predicted octanol–water partition coefficient (Wildman–Crippen LogP) is 6.38. The van der Waals surface area contributed by atoms with Gasteiger partial charge in [-0.15, -0.1) is 0 Å². The largest absolute Gasteiger partial charge is 0.465 e. The van der Waals surface area contributed by atoms with E-state index in [-0.39, 0.29) is 0 Å². The molecule has 5 nitrogen and oxygen atoms in total. The van der Waals surface area contributed by atoms with E-state index >= 15 is 0 Å². The van der Waals surface area contributed by atoms with Crippen LogP contribution in [0.3, 0.4) is 0 Å². The van der Waals surface area contributed by atoms with Crippen LogP contribution < -0.4 is 4.57 Å². The van der Waals surface area contributed by atoms with Crippen molar-refractivity contribution in [3.63, 3.8) is 0 Å². The van der Waals surface area contributed by atoms with Crippen LogP contribution in [-0.4, -0.2) is 36.9 Å². The Balaban J connectivity index is 2.68. The molecule has 0 aliphatic rings. The minimum Gasteiger partial charge on any atom is -0.465 e. The Morgan fingerprint density at radius 2 is 1.67 bits per heavy atom. The van der Waals surface area contributed by atoms with E-state index in [9.17, 15) is 9.90 Å². The van der Waals surface area contributed by atoms with Gasteiger partial charge in [0.15, 0.2) is 22.4 Å². The zero-order valence-electron chi connectivity index (χ0n) is 17.7. The van der Waals surface area contributed by atoms with E-state index in [1.54, 1.807) is 4.57 Å². The smallest absolute Gasteiger partial charge is 0.405 e. The number of carbonyl (C=O) groups is 1. The normalized spacial score (nSPS) is 12.5. The van der Waals surface area contributed by atoms with E-state index in [2.05, 4.69) is 50.3 Å². The van der Waals surface area contributed by atoms with Gasteiger partial charge in [0.1, 0.15) is 0 Å². The number of hydrogen-bond donors (Lipinski definition) is 1. The Labute approximate surface area is 165 Å². The summed E-state index contributed by atoms with van der Waals surface area (Å²) in [5.41, 5.74) is 1.97. The highest BCUT2D eigenvalue weighted by Crippen LogP contribution is 2.33. The topological polar surface area (TPSA) is 58.4 Å². The maximum Gasteiger partial charge on any atom is 0.405 e. The lowest BCUT2D eigenvalue weighted by Crippen LogP contribution is -2.54. The molecule has 1 aromatic carbocycles. The van der Waals surface area contributed by atoms with Crippen LogP contribution in [0.25, 0.3) is 11.0 Å². The molecule has 1 N–H and O–H groups in total. The monoisotopic (exact) mass is 405 g/mol. The van der Waals surface area contributed by atoms with Crippen molar-refractivity contribution in [2.75, 3.05) is 4.57 Å². The number of carboxylic acid groups (broad SMARTS) is 1. The Kier molecular flexibility index (Phi) is 6.91. The standard InChI is InChI=1S/C20H35N3O2Si2/c1-7-9-15-26(3,4)22-18-14-12-11-13-17(18)21-19(22)23(20(24)25)27(5,6)16-10-8-2/h11-14H,7-10,15-16H2,1-6H3,(H,24,25). The van der Waals surface area contributed by atoms with E-state index in [1.165, 1.54) is 0 Å². The van der Waals surface area contributed by atoms with Crippen molar-refractivity contribution < 1.29 is 9.90 Å². The van der Waals surface area contributed by atoms with Gasteiger partial charge in [-0.05, 0) is 24.2 Å². The molecule has 0 spiro atoms. The Morgan fingerprint density at radius 1 is 1.07 bits per heavy atom. The summed E-state index contributed by atoms with van der Waals surface area (Å²) in [5.74, 6) is 0.657. The zero-order valence-corrected chi connectivity index (χ0v) is 19.7. The first-order valence-corrected chi connectivity index (χ1v) is 16.5. The number of nitrogens with zero attached hydrogens (tertiary/aromatic N) is 3. The maximum absolute atomic E-state index is 12.4. The minimum atomic E-state index is -2.19. The van der Waals surface area contributed by atoms with Gasteiger partial charge in [0, 0.05) is 0 Å². The molecular weight excluding hydrogens is 370 g/mol. The molecule has 2 rings (SSSR count). The van der Waals surface area contributed by atoms with Crippen LogP contribution in [0.15, 0.2) is 24.3 Å². The number of para-hydroxylation sites is 2. The Bertz CT molecular complexity index is 787.